The third kappa shape index (κ3) is 3.37. The zero-order chi connectivity index (χ0) is 14.0. The molecule has 1 aliphatic rings. The number of alkyl halides is 1. The van der Waals surface area contributed by atoms with E-state index in [9.17, 15) is 8.42 Å². The van der Waals surface area contributed by atoms with Gasteiger partial charge in [-0.05, 0) is 30.5 Å². The minimum absolute atomic E-state index is 0.0353. The lowest BCUT2D eigenvalue weighted by molar-refractivity contribution is 0.397. The Morgan fingerprint density at radius 1 is 1.26 bits per heavy atom. The van der Waals surface area contributed by atoms with Gasteiger partial charge in [0.1, 0.15) is 0 Å². The molecule has 1 aliphatic heterocycles. The van der Waals surface area contributed by atoms with Crippen LogP contribution in [0.3, 0.4) is 0 Å². The van der Waals surface area contributed by atoms with Gasteiger partial charge in [0.15, 0.2) is 0 Å². The summed E-state index contributed by atoms with van der Waals surface area (Å²) in [5, 5.41) is 0.916. The Balaban J connectivity index is 2.30. The SMILES string of the molecule is O=S(=O)(CCCl)N1CCCC1c1ccc(Cl)c(Cl)c1. The third-order valence-corrected chi connectivity index (χ3v) is 6.25. The van der Waals surface area contributed by atoms with Gasteiger partial charge < -0.3 is 0 Å². The molecule has 19 heavy (non-hydrogen) atoms. The van der Waals surface area contributed by atoms with E-state index in [1.807, 2.05) is 6.07 Å². The Hall–Kier alpha value is -0.000000000000000111. The van der Waals surface area contributed by atoms with Crippen LogP contribution in [-0.4, -0.2) is 30.9 Å². The average molecular weight is 343 g/mol. The highest BCUT2D eigenvalue weighted by molar-refractivity contribution is 7.89. The summed E-state index contributed by atoms with van der Waals surface area (Å²) in [6.07, 6.45) is 1.63. The Kier molecular flexibility index (Phi) is 5.01. The molecule has 0 saturated carbocycles. The van der Waals surface area contributed by atoms with Crippen molar-refractivity contribution < 1.29 is 8.42 Å². The van der Waals surface area contributed by atoms with Crippen molar-refractivity contribution in [3.05, 3.63) is 33.8 Å². The number of sulfonamides is 1. The lowest BCUT2D eigenvalue weighted by Gasteiger charge is -2.24. The summed E-state index contributed by atoms with van der Waals surface area (Å²) in [7, 11) is -3.31. The fraction of sp³-hybridized carbons (Fsp3) is 0.500. The largest absolute Gasteiger partial charge is 0.215 e. The minimum Gasteiger partial charge on any atom is -0.212 e. The zero-order valence-corrected chi connectivity index (χ0v) is 13.2. The number of hydrogen-bond acceptors (Lipinski definition) is 2. The van der Waals surface area contributed by atoms with Crippen LogP contribution in [0.2, 0.25) is 10.0 Å². The second-order valence-corrected chi connectivity index (χ2v) is 7.68. The number of halogens is 3. The first-order valence-electron chi connectivity index (χ1n) is 5.96. The number of nitrogens with zero attached hydrogens (tertiary/aromatic N) is 1. The molecule has 1 atom stereocenters. The molecule has 2 rings (SSSR count). The highest BCUT2D eigenvalue weighted by Crippen LogP contribution is 2.36. The third-order valence-electron chi connectivity index (χ3n) is 3.22. The topological polar surface area (TPSA) is 37.4 Å². The highest BCUT2D eigenvalue weighted by atomic mass is 35.5. The summed E-state index contributed by atoms with van der Waals surface area (Å²) in [5.41, 5.74) is 0.880. The van der Waals surface area contributed by atoms with Crippen LogP contribution in [0.25, 0.3) is 0 Å². The molecule has 1 fully saturated rings. The summed E-state index contributed by atoms with van der Waals surface area (Å²) < 4.78 is 25.8. The Labute approximate surface area is 128 Å². The molecule has 0 bridgehead atoms. The number of rotatable bonds is 4. The smallest absolute Gasteiger partial charge is 0.212 e. The molecule has 1 aromatic carbocycles. The molecule has 0 aromatic heterocycles. The molecule has 0 spiro atoms. The van der Waals surface area contributed by atoms with Crippen LogP contribution in [-0.2, 0) is 10.0 Å². The fourth-order valence-corrected chi connectivity index (χ4v) is 4.68. The highest BCUT2D eigenvalue weighted by Gasteiger charge is 2.34. The van der Waals surface area contributed by atoms with Crippen molar-refractivity contribution in [3.8, 4) is 0 Å². The molecule has 106 valence electrons. The van der Waals surface area contributed by atoms with Crippen LogP contribution in [0.4, 0.5) is 0 Å². The minimum atomic E-state index is -3.31. The van der Waals surface area contributed by atoms with Gasteiger partial charge >= 0.3 is 0 Å². The van der Waals surface area contributed by atoms with Gasteiger partial charge in [0.2, 0.25) is 10.0 Å². The second kappa shape index (κ2) is 6.19. The van der Waals surface area contributed by atoms with Crippen molar-refractivity contribution in [2.24, 2.45) is 0 Å². The van der Waals surface area contributed by atoms with E-state index < -0.39 is 10.0 Å². The summed E-state index contributed by atoms with van der Waals surface area (Å²) in [6, 6.07) is 5.10. The summed E-state index contributed by atoms with van der Waals surface area (Å²) in [6.45, 7) is 0.532. The van der Waals surface area contributed by atoms with Gasteiger partial charge in [0.05, 0.1) is 15.8 Å². The van der Waals surface area contributed by atoms with E-state index in [0.29, 0.717) is 16.6 Å². The average Bonchev–Trinajstić information content (AvgIpc) is 2.82. The van der Waals surface area contributed by atoms with Crippen LogP contribution in [0.1, 0.15) is 24.4 Å². The first-order chi connectivity index (χ1) is 8.95. The lowest BCUT2D eigenvalue weighted by atomic mass is 10.1. The first-order valence-corrected chi connectivity index (χ1v) is 8.86. The molecule has 7 heteroatoms. The fourth-order valence-electron chi connectivity index (χ4n) is 2.34. The van der Waals surface area contributed by atoms with E-state index in [1.54, 1.807) is 12.1 Å². The van der Waals surface area contributed by atoms with E-state index in [1.165, 1.54) is 4.31 Å². The van der Waals surface area contributed by atoms with Crippen molar-refractivity contribution >= 4 is 44.8 Å². The van der Waals surface area contributed by atoms with Gasteiger partial charge in [-0.3, -0.25) is 0 Å². The van der Waals surface area contributed by atoms with E-state index in [4.69, 9.17) is 34.8 Å². The summed E-state index contributed by atoms with van der Waals surface area (Å²) >= 11 is 17.4. The zero-order valence-electron chi connectivity index (χ0n) is 10.2. The van der Waals surface area contributed by atoms with Crippen LogP contribution >= 0.6 is 34.8 Å². The Morgan fingerprint density at radius 2 is 2.00 bits per heavy atom. The van der Waals surface area contributed by atoms with E-state index >= 15 is 0 Å². The first kappa shape index (κ1) is 15.4. The normalized spacial score (nSPS) is 20.9. The van der Waals surface area contributed by atoms with Gasteiger partial charge in [0, 0.05) is 18.5 Å². The van der Waals surface area contributed by atoms with Crippen molar-refractivity contribution in [2.75, 3.05) is 18.2 Å². The Morgan fingerprint density at radius 3 is 2.63 bits per heavy atom. The van der Waals surface area contributed by atoms with Gasteiger partial charge in [-0.2, -0.15) is 4.31 Å². The molecule has 0 amide bonds. The summed E-state index contributed by atoms with van der Waals surface area (Å²) in [4.78, 5) is 0. The maximum atomic E-state index is 12.2. The molecule has 0 radical (unpaired) electrons. The Bertz CT molecular complexity index is 562. The maximum Gasteiger partial charge on any atom is 0.215 e. The van der Waals surface area contributed by atoms with E-state index in [0.717, 1.165) is 18.4 Å². The standard InChI is InChI=1S/C12H14Cl3NO2S/c13-5-7-19(17,18)16-6-1-2-12(16)9-3-4-10(14)11(15)8-9/h3-4,8,12H,1-2,5-7H2. The van der Waals surface area contributed by atoms with Crippen LogP contribution in [0.15, 0.2) is 18.2 Å². The molecule has 3 nitrogen and oxygen atoms in total. The second-order valence-electron chi connectivity index (χ2n) is 4.45. The quantitative estimate of drug-likeness (QED) is 0.782. The van der Waals surface area contributed by atoms with E-state index in [-0.39, 0.29) is 17.7 Å². The van der Waals surface area contributed by atoms with Crippen molar-refractivity contribution in [2.45, 2.75) is 18.9 Å². The van der Waals surface area contributed by atoms with Crippen LogP contribution in [0, 0.1) is 0 Å². The molecule has 1 heterocycles. The summed E-state index contributed by atoms with van der Waals surface area (Å²) in [5.74, 6) is 0.0688. The van der Waals surface area contributed by atoms with Crippen LogP contribution < -0.4 is 0 Å². The lowest BCUT2D eigenvalue weighted by Crippen LogP contribution is -2.33. The van der Waals surface area contributed by atoms with Gasteiger partial charge in [-0.1, -0.05) is 29.3 Å². The van der Waals surface area contributed by atoms with Crippen LogP contribution in [0.5, 0.6) is 0 Å². The molecule has 1 saturated heterocycles. The van der Waals surface area contributed by atoms with Crippen molar-refractivity contribution in [1.82, 2.24) is 4.31 Å². The number of hydrogen-bond donors (Lipinski definition) is 0. The van der Waals surface area contributed by atoms with Crippen molar-refractivity contribution in [3.63, 3.8) is 0 Å². The number of benzene rings is 1. The molecule has 0 N–H and O–H groups in total. The van der Waals surface area contributed by atoms with Gasteiger partial charge in [0.25, 0.3) is 0 Å². The molecule has 1 unspecified atom stereocenters. The van der Waals surface area contributed by atoms with E-state index in [2.05, 4.69) is 0 Å². The predicted octanol–water partition coefficient (Wildman–Crippen LogP) is 3.70. The van der Waals surface area contributed by atoms with Crippen molar-refractivity contribution in [1.29, 1.82) is 0 Å². The predicted molar refractivity (Wildman–Crippen MR) is 79.6 cm³/mol. The molecule has 0 aliphatic carbocycles. The van der Waals surface area contributed by atoms with Gasteiger partial charge in [-0.25, -0.2) is 8.42 Å². The molecule has 1 aromatic rings. The molecular formula is C12H14Cl3NO2S. The maximum absolute atomic E-state index is 12.2. The molecular weight excluding hydrogens is 329 g/mol. The monoisotopic (exact) mass is 341 g/mol. The van der Waals surface area contributed by atoms with Gasteiger partial charge in [-0.15, -0.1) is 11.6 Å².